The predicted molar refractivity (Wildman–Crippen MR) is 132 cm³/mol. The number of rotatable bonds is 14. The first-order valence-corrected chi connectivity index (χ1v) is 12.1. The molecule has 0 unspecified atom stereocenters. The molecule has 36 heavy (non-hydrogen) atoms. The van der Waals surface area contributed by atoms with E-state index in [1.807, 2.05) is 0 Å². The minimum Gasteiger partial charge on any atom is -0.481 e. The van der Waals surface area contributed by atoms with Gasteiger partial charge in [-0.05, 0) is 103 Å². The molecular weight excluding hydrogens is 464 g/mol. The zero-order valence-corrected chi connectivity index (χ0v) is 21.3. The van der Waals surface area contributed by atoms with Crippen LogP contribution in [0.15, 0.2) is 46.6 Å². The van der Waals surface area contributed by atoms with Crippen LogP contribution in [0.4, 0.5) is 0 Å². The van der Waals surface area contributed by atoms with E-state index in [1.165, 1.54) is 24.3 Å². The lowest BCUT2D eigenvalue weighted by molar-refractivity contribution is -0.147. The number of carboxylic acid groups (broad SMARTS) is 1. The van der Waals surface area contributed by atoms with E-state index >= 15 is 0 Å². The van der Waals surface area contributed by atoms with E-state index < -0.39 is 17.0 Å². The maximum Gasteiger partial charge on any atom is 0.309 e. The first kappa shape index (κ1) is 28.8. The Morgan fingerprint density at radius 2 is 1.14 bits per heavy atom. The number of carbonyl (C=O) groups is 6. The molecule has 0 radical (unpaired) electrons. The van der Waals surface area contributed by atoms with Crippen molar-refractivity contribution in [2.24, 2.45) is 5.41 Å². The summed E-state index contributed by atoms with van der Waals surface area (Å²) >= 11 is 0. The summed E-state index contributed by atoms with van der Waals surface area (Å²) in [6.45, 7) is 7.14. The second-order valence-corrected chi connectivity index (χ2v) is 10.5. The number of ether oxygens (including phenoxy) is 1. The lowest BCUT2D eigenvalue weighted by Crippen LogP contribution is -2.24. The molecule has 194 valence electrons. The Morgan fingerprint density at radius 1 is 0.750 bits per heavy atom. The summed E-state index contributed by atoms with van der Waals surface area (Å²) < 4.78 is 5.01. The van der Waals surface area contributed by atoms with Gasteiger partial charge in [-0.25, -0.2) is 0 Å². The number of carbonyl (C=O) groups excluding carboxylic acids is 5. The zero-order chi connectivity index (χ0) is 27.1. The monoisotopic (exact) mass is 498 g/mol. The van der Waals surface area contributed by atoms with Gasteiger partial charge in [0.2, 0.25) is 0 Å². The van der Waals surface area contributed by atoms with Crippen molar-refractivity contribution in [3.8, 4) is 0 Å². The smallest absolute Gasteiger partial charge is 0.309 e. The SMILES string of the molecule is CC(C)(CCCC1=CC(=O)C=C(CCC2=CC(=O)C=C(CCCC(C)(C)C(=O)O)C2=O)C1=O)OC=O. The van der Waals surface area contributed by atoms with Crippen molar-refractivity contribution in [2.45, 2.75) is 84.7 Å². The van der Waals surface area contributed by atoms with E-state index in [2.05, 4.69) is 0 Å². The van der Waals surface area contributed by atoms with Gasteiger partial charge in [-0.15, -0.1) is 0 Å². The van der Waals surface area contributed by atoms with Gasteiger partial charge in [0.25, 0.3) is 6.47 Å². The van der Waals surface area contributed by atoms with Crippen molar-refractivity contribution in [2.75, 3.05) is 0 Å². The topological polar surface area (TPSA) is 132 Å². The molecule has 1 N–H and O–H groups in total. The largest absolute Gasteiger partial charge is 0.481 e. The first-order valence-electron chi connectivity index (χ1n) is 12.1. The molecule has 0 bridgehead atoms. The highest BCUT2D eigenvalue weighted by Crippen LogP contribution is 2.29. The third kappa shape index (κ3) is 8.07. The van der Waals surface area contributed by atoms with E-state index in [9.17, 15) is 33.9 Å². The molecule has 0 aromatic carbocycles. The molecule has 2 rings (SSSR count). The Labute approximate surface area is 211 Å². The second-order valence-electron chi connectivity index (χ2n) is 10.5. The zero-order valence-electron chi connectivity index (χ0n) is 21.3. The van der Waals surface area contributed by atoms with Gasteiger partial charge in [0.15, 0.2) is 23.1 Å². The highest BCUT2D eigenvalue weighted by Gasteiger charge is 2.29. The predicted octanol–water partition coefficient (Wildman–Crippen LogP) is 4.18. The summed E-state index contributed by atoms with van der Waals surface area (Å²) in [7, 11) is 0. The molecule has 0 aliphatic heterocycles. The third-order valence-electron chi connectivity index (χ3n) is 6.52. The fourth-order valence-electron chi connectivity index (χ4n) is 4.18. The molecular formula is C28H34O8. The lowest BCUT2D eigenvalue weighted by Gasteiger charge is -2.23. The number of hydrogen-bond acceptors (Lipinski definition) is 7. The summed E-state index contributed by atoms with van der Waals surface area (Å²) in [5.41, 5.74) is -0.316. The fourth-order valence-corrected chi connectivity index (χ4v) is 4.18. The maximum absolute atomic E-state index is 12.9. The Bertz CT molecular complexity index is 1080. The van der Waals surface area contributed by atoms with E-state index in [-0.39, 0.29) is 48.0 Å². The van der Waals surface area contributed by atoms with E-state index in [0.29, 0.717) is 55.3 Å². The highest BCUT2D eigenvalue weighted by molar-refractivity contribution is 6.21. The molecule has 0 aromatic rings. The Balaban J connectivity index is 1.96. The van der Waals surface area contributed by atoms with Gasteiger partial charge in [-0.3, -0.25) is 28.8 Å². The summed E-state index contributed by atoms with van der Waals surface area (Å²) in [5.74, 6) is -2.09. The molecule has 8 heteroatoms. The van der Waals surface area contributed by atoms with Crippen LogP contribution in [0.2, 0.25) is 0 Å². The molecule has 0 aromatic heterocycles. The molecule has 8 nitrogen and oxygen atoms in total. The molecule has 2 aliphatic carbocycles. The summed E-state index contributed by atoms with van der Waals surface area (Å²) in [6.07, 6.45) is 7.92. The Hall–Kier alpha value is -3.42. The van der Waals surface area contributed by atoms with Gasteiger partial charge in [0.05, 0.1) is 5.41 Å². The summed E-state index contributed by atoms with van der Waals surface area (Å²) in [6, 6.07) is 0. The number of hydrogen-bond donors (Lipinski definition) is 1. The van der Waals surface area contributed by atoms with Crippen molar-refractivity contribution in [1.82, 2.24) is 0 Å². The van der Waals surface area contributed by atoms with Crippen LogP contribution in [-0.2, 0) is 33.5 Å². The minimum atomic E-state index is -0.927. The van der Waals surface area contributed by atoms with Crippen LogP contribution in [0, 0.1) is 5.41 Å². The summed E-state index contributed by atoms with van der Waals surface area (Å²) in [4.78, 5) is 72.1. The van der Waals surface area contributed by atoms with Gasteiger partial charge in [0, 0.05) is 22.3 Å². The first-order chi connectivity index (χ1) is 16.8. The number of aliphatic carboxylic acids is 1. The van der Waals surface area contributed by atoms with E-state index in [1.54, 1.807) is 27.7 Å². The quantitative estimate of drug-likeness (QED) is 0.279. The molecule has 0 saturated heterocycles. The second kappa shape index (κ2) is 12.0. The van der Waals surface area contributed by atoms with Crippen molar-refractivity contribution in [3.05, 3.63) is 46.6 Å². The summed E-state index contributed by atoms with van der Waals surface area (Å²) in [5, 5.41) is 9.25. The molecule has 0 fully saturated rings. The molecule has 0 amide bonds. The Kier molecular flexibility index (Phi) is 9.62. The number of allylic oxidation sites excluding steroid dienone is 8. The van der Waals surface area contributed by atoms with Gasteiger partial charge >= 0.3 is 5.97 Å². The molecule has 0 saturated carbocycles. The molecule has 0 atom stereocenters. The van der Waals surface area contributed by atoms with Crippen LogP contribution in [0.5, 0.6) is 0 Å². The minimum absolute atomic E-state index is 0.140. The Morgan fingerprint density at radius 3 is 1.53 bits per heavy atom. The lowest BCUT2D eigenvalue weighted by atomic mass is 9.83. The molecule has 0 heterocycles. The van der Waals surface area contributed by atoms with Crippen molar-refractivity contribution in [1.29, 1.82) is 0 Å². The van der Waals surface area contributed by atoms with Crippen LogP contribution in [0.3, 0.4) is 0 Å². The maximum atomic E-state index is 12.9. The van der Waals surface area contributed by atoms with Gasteiger partial charge in [0.1, 0.15) is 5.60 Å². The fraction of sp³-hybridized carbons (Fsp3) is 0.500. The molecule has 0 spiro atoms. The normalized spacial score (nSPS) is 16.8. The molecule has 2 aliphatic rings. The van der Waals surface area contributed by atoms with Crippen LogP contribution >= 0.6 is 0 Å². The van der Waals surface area contributed by atoms with Gasteiger partial charge in [-0.2, -0.15) is 0 Å². The number of Topliss-reactive ketones (excluding diaryl/α,β-unsaturated/α-hetero) is 2. The van der Waals surface area contributed by atoms with E-state index in [0.717, 1.165) is 0 Å². The highest BCUT2D eigenvalue weighted by atomic mass is 16.5. The van der Waals surface area contributed by atoms with Crippen LogP contribution in [-0.4, -0.2) is 46.3 Å². The van der Waals surface area contributed by atoms with Crippen molar-refractivity contribution < 1.29 is 38.6 Å². The van der Waals surface area contributed by atoms with Crippen molar-refractivity contribution in [3.63, 3.8) is 0 Å². The number of carboxylic acids is 1. The standard InChI is InChI=1S/C28H34O8/c1-27(2,26(34)35)11-5-7-18-13-22(30)15-20(24(18)32)9-10-21-16-23(31)14-19(25(21)33)8-6-12-28(3,4)36-17-29/h13-17H,5-12H2,1-4H3,(H,34,35). The van der Waals surface area contributed by atoms with Gasteiger partial charge in [-0.1, -0.05) is 0 Å². The van der Waals surface area contributed by atoms with E-state index in [4.69, 9.17) is 4.74 Å². The van der Waals surface area contributed by atoms with Crippen LogP contribution < -0.4 is 0 Å². The van der Waals surface area contributed by atoms with Gasteiger partial charge < -0.3 is 9.84 Å². The van der Waals surface area contributed by atoms with Crippen LogP contribution in [0.25, 0.3) is 0 Å². The average Bonchev–Trinajstić information content (AvgIpc) is 2.77. The number of ketones is 4. The average molecular weight is 499 g/mol. The third-order valence-corrected chi connectivity index (χ3v) is 6.52. The van der Waals surface area contributed by atoms with Crippen LogP contribution in [0.1, 0.15) is 79.1 Å². The van der Waals surface area contributed by atoms with Crippen molar-refractivity contribution >= 4 is 35.6 Å².